The van der Waals surface area contributed by atoms with Gasteiger partial charge in [0.05, 0.1) is 22.1 Å². The Labute approximate surface area is 271 Å². The molecule has 9 aromatic rings. The summed E-state index contributed by atoms with van der Waals surface area (Å²) < 4.78 is 9.69. The third-order valence-electron chi connectivity index (χ3n) is 10.6. The second-order valence-corrected chi connectivity index (χ2v) is 12.8. The number of fused-ring (bicyclic) bond motifs is 16. The number of hydrogen-bond donors (Lipinski definition) is 0. The Morgan fingerprint density at radius 1 is 0.383 bits per heavy atom. The van der Waals surface area contributed by atoms with Gasteiger partial charge in [0.25, 0.3) is 0 Å². The molecular formula is C45H27NO. The van der Waals surface area contributed by atoms with Gasteiger partial charge in [-0.1, -0.05) is 152 Å². The normalized spacial score (nSPS) is 13.9. The number of para-hydroxylation sites is 1. The Morgan fingerprint density at radius 2 is 0.957 bits per heavy atom. The van der Waals surface area contributed by atoms with Crippen molar-refractivity contribution in [2.24, 2.45) is 0 Å². The zero-order valence-corrected chi connectivity index (χ0v) is 25.4. The third-order valence-corrected chi connectivity index (χ3v) is 10.6. The van der Waals surface area contributed by atoms with E-state index in [0.29, 0.717) is 0 Å². The Morgan fingerprint density at radius 3 is 1.74 bits per heavy atom. The number of aromatic nitrogens is 1. The van der Waals surface area contributed by atoms with E-state index >= 15 is 0 Å². The minimum Gasteiger partial charge on any atom is -0.454 e. The molecule has 8 aromatic carbocycles. The Kier molecular flexibility index (Phi) is 4.80. The number of hydrogen-bond acceptors (Lipinski definition) is 1. The van der Waals surface area contributed by atoms with Crippen molar-refractivity contribution in [2.75, 3.05) is 0 Å². The summed E-state index contributed by atoms with van der Waals surface area (Å²) in [6, 6.07) is 59.8. The van der Waals surface area contributed by atoms with Gasteiger partial charge in [-0.3, -0.25) is 0 Å². The Hall–Kier alpha value is -6.12. The fourth-order valence-electron chi connectivity index (χ4n) is 8.81. The first-order valence-corrected chi connectivity index (χ1v) is 16.3. The molecule has 0 atom stereocenters. The second kappa shape index (κ2) is 8.99. The third kappa shape index (κ3) is 3.05. The number of rotatable bonds is 1. The smallest absolute Gasteiger partial charge is 0.156 e. The largest absolute Gasteiger partial charge is 0.454 e. The topological polar surface area (TPSA) is 14.2 Å². The molecular weight excluding hydrogens is 571 g/mol. The molecule has 0 fully saturated rings. The van der Waals surface area contributed by atoms with E-state index in [0.717, 1.165) is 22.7 Å². The minimum absolute atomic E-state index is 0.520. The van der Waals surface area contributed by atoms with Crippen LogP contribution in [0.25, 0.3) is 60.2 Å². The molecule has 0 N–H and O–H groups in total. The van der Waals surface area contributed by atoms with E-state index < -0.39 is 5.41 Å². The first-order valence-electron chi connectivity index (χ1n) is 16.3. The van der Waals surface area contributed by atoms with Gasteiger partial charge in [-0.25, -0.2) is 0 Å². The molecule has 1 aromatic heterocycles. The maximum atomic E-state index is 7.20. The Balaban J connectivity index is 1.39. The molecule has 1 spiro atoms. The van der Waals surface area contributed by atoms with Gasteiger partial charge in [-0.05, 0) is 45.2 Å². The Bertz CT molecular complexity index is 2730. The van der Waals surface area contributed by atoms with Crippen molar-refractivity contribution in [1.82, 2.24) is 4.57 Å². The fraction of sp³-hybridized carbons (Fsp3) is 0.0222. The van der Waals surface area contributed by atoms with Gasteiger partial charge in [-0.2, -0.15) is 0 Å². The molecule has 11 rings (SSSR count). The number of ether oxygens (including phenoxy) is 1. The van der Waals surface area contributed by atoms with Gasteiger partial charge in [-0.15, -0.1) is 0 Å². The molecule has 2 heteroatoms. The van der Waals surface area contributed by atoms with E-state index in [4.69, 9.17) is 4.74 Å². The van der Waals surface area contributed by atoms with Crippen molar-refractivity contribution in [3.05, 3.63) is 186 Å². The van der Waals surface area contributed by atoms with Gasteiger partial charge < -0.3 is 9.30 Å². The van der Waals surface area contributed by atoms with E-state index in [1.807, 2.05) is 0 Å². The van der Waals surface area contributed by atoms with E-state index in [-0.39, 0.29) is 0 Å². The molecule has 2 nitrogen and oxygen atoms in total. The van der Waals surface area contributed by atoms with E-state index in [1.54, 1.807) is 0 Å². The second-order valence-electron chi connectivity index (χ2n) is 12.8. The molecule has 0 saturated heterocycles. The van der Waals surface area contributed by atoms with Crippen molar-refractivity contribution in [1.29, 1.82) is 0 Å². The van der Waals surface area contributed by atoms with E-state index in [1.165, 1.54) is 71.2 Å². The van der Waals surface area contributed by atoms with Crippen molar-refractivity contribution < 1.29 is 4.74 Å². The van der Waals surface area contributed by atoms with Gasteiger partial charge in [0.15, 0.2) is 5.75 Å². The van der Waals surface area contributed by atoms with Crippen molar-refractivity contribution in [3.8, 4) is 28.3 Å². The zero-order chi connectivity index (χ0) is 30.7. The van der Waals surface area contributed by atoms with Crippen LogP contribution in [0.2, 0.25) is 0 Å². The highest BCUT2D eigenvalue weighted by atomic mass is 16.5. The predicted octanol–water partition coefficient (Wildman–Crippen LogP) is 11.6. The molecule has 47 heavy (non-hydrogen) atoms. The van der Waals surface area contributed by atoms with Crippen LogP contribution >= 0.6 is 0 Å². The van der Waals surface area contributed by atoms with Gasteiger partial charge >= 0.3 is 0 Å². The van der Waals surface area contributed by atoms with Crippen LogP contribution in [0.1, 0.15) is 22.3 Å². The molecule has 0 unspecified atom stereocenters. The molecule has 0 saturated carbocycles. The van der Waals surface area contributed by atoms with Crippen LogP contribution in [0.4, 0.5) is 0 Å². The average molecular weight is 598 g/mol. The van der Waals surface area contributed by atoms with Crippen LogP contribution in [0, 0.1) is 0 Å². The predicted molar refractivity (Wildman–Crippen MR) is 193 cm³/mol. The van der Waals surface area contributed by atoms with Crippen LogP contribution < -0.4 is 4.74 Å². The summed E-state index contributed by atoms with van der Waals surface area (Å²) >= 11 is 0. The maximum Gasteiger partial charge on any atom is 0.156 e. The van der Waals surface area contributed by atoms with Crippen molar-refractivity contribution >= 4 is 43.4 Å². The standard InChI is InChI=1S/C45H27NO/c1-3-15-30-28(12-1)14-11-22-40(30)46-42-31-16-4-2-13-29(31)24-25-34(42)35-26-27-39-44(43(35)46)47-41-23-10-9-21-38(41)45(39)36-19-7-5-17-32(36)33-18-6-8-20-37(33)45/h1-27H. The highest BCUT2D eigenvalue weighted by molar-refractivity contribution is 6.21. The van der Waals surface area contributed by atoms with Gasteiger partial charge in [0.1, 0.15) is 5.75 Å². The zero-order valence-electron chi connectivity index (χ0n) is 25.4. The molecule has 1 aliphatic carbocycles. The summed E-state index contributed by atoms with van der Waals surface area (Å²) in [6.07, 6.45) is 0. The van der Waals surface area contributed by atoms with Gasteiger partial charge in [0.2, 0.25) is 0 Å². The molecule has 1 aliphatic heterocycles. The number of benzene rings is 8. The summed E-state index contributed by atoms with van der Waals surface area (Å²) in [5.41, 5.74) is 10.5. The van der Waals surface area contributed by atoms with Crippen molar-refractivity contribution in [3.63, 3.8) is 0 Å². The first-order chi connectivity index (χ1) is 23.3. The van der Waals surface area contributed by atoms with Crippen LogP contribution in [0.5, 0.6) is 11.5 Å². The lowest BCUT2D eigenvalue weighted by molar-refractivity contribution is 0.440. The van der Waals surface area contributed by atoms with E-state index in [9.17, 15) is 0 Å². The van der Waals surface area contributed by atoms with Crippen LogP contribution in [0.15, 0.2) is 164 Å². The number of nitrogens with zero attached hydrogens (tertiary/aromatic N) is 1. The summed E-state index contributed by atoms with van der Waals surface area (Å²) in [5, 5.41) is 7.28. The lowest BCUT2D eigenvalue weighted by Gasteiger charge is -2.39. The molecule has 0 bridgehead atoms. The maximum absolute atomic E-state index is 7.20. The molecule has 0 radical (unpaired) electrons. The highest BCUT2D eigenvalue weighted by Crippen LogP contribution is 2.63. The summed E-state index contributed by atoms with van der Waals surface area (Å²) in [7, 11) is 0. The molecule has 0 amide bonds. The summed E-state index contributed by atoms with van der Waals surface area (Å²) in [6.45, 7) is 0. The minimum atomic E-state index is -0.520. The lowest BCUT2D eigenvalue weighted by Crippen LogP contribution is -2.32. The van der Waals surface area contributed by atoms with Crippen LogP contribution in [-0.4, -0.2) is 4.57 Å². The quantitative estimate of drug-likeness (QED) is 0.184. The summed E-state index contributed by atoms with van der Waals surface area (Å²) in [4.78, 5) is 0. The van der Waals surface area contributed by atoms with Gasteiger partial charge in [0, 0.05) is 32.7 Å². The summed E-state index contributed by atoms with van der Waals surface area (Å²) in [5.74, 6) is 1.82. The average Bonchev–Trinajstić information content (AvgIpc) is 3.63. The first kappa shape index (κ1) is 25.1. The van der Waals surface area contributed by atoms with Crippen LogP contribution in [-0.2, 0) is 5.41 Å². The molecule has 2 heterocycles. The molecule has 218 valence electrons. The lowest BCUT2D eigenvalue weighted by atomic mass is 9.66. The SMILES string of the molecule is c1ccc2c(c1)Oc1c(ccc3c4ccc5ccccc5c4n(-c4cccc5ccccc45)c13)C21c2ccccc2-c2ccccc21. The monoisotopic (exact) mass is 597 g/mol. The molecule has 2 aliphatic rings. The van der Waals surface area contributed by atoms with Crippen molar-refractivity contribution in [2.45, 2.75) is 5.41 Å². The highest BCUT2D eigenvalue weighted by Gasteiger charge is 2.51. The van der Waals surface area contributed by atoms with E-state index in [2.05, 4.69) is 168 Å². The fourth-order valence-corrected chi connectivity index (χ4v) is 8.81. The van der Waals surface area contributed by atoms with Crippen LogP contribution in [0.3, 0.4) is 0 Å².